The lowest BCUT2D eigenvalue weighted by molar-refractivity contribution is 0.0693. The highest BCUT2D eigenvalue weighted by molar-refractivity contribution is 5.95. The van der Waals surface area contributed by atoms with Crippen LogP contribution in [0.25, 0.3) is 16.9 Å². The summed E-state index contributed by atoms with van der Waals surface area (Å²) in [5.74, 6) is -1.07. The van der Waals surface area contributed by atoms with E-state index in [2.05, 4.69) is 4.98 Å². The summed E-state index contributed by atoms with van der Waals surface area (Å²) in [5, 5.41) is 9.22. The van der Waals surface area contributed by atoms with Crippen LogP contribution in [-0.4, -0.2) is 20.5 Å². The van der Waals surface area contributed by atoms with E-state index in [4.69, 9.17) is 0 Å². The van der Waals surface area contributed by atoms with Gasteiger partial charge in [0.1, 0.15) is 11.6 Å². The maximum absolute atomic E-state index is 13.3. The molecule has 0 atom stereocenters. The average molecular weight is 270 g/mol. The van der Waals surface area contributed by atoms with Crippen molar-refractivity contribution in [2.24, 2.45) is 0 Å². The van der Waals surface area contributed by atoms with E-state index >= 15 is 0 Å². The van der Waals surface area contributed by atoms with E-state index in [1.54, 1.807) is 28.8 Å². The number of carboxylic acid groups (broad SMARTS) is 1. The number of aromatic nitrogens is 2. The lowest BCUT2D eigenvalue weighted by Crippen LogP contribution is -1.97. The molecule has 0 bridgehead atoms. The van der Waals surface area contributed by atoms with E-state index in [1.807, 2.05) is 13.0 Å². The summed E-state index contributed by atoms with van der Waals surface area (Å²) in [4.78, 5) is 15.4. The Morgan fingerprint density at radius 1 is 1.30 bits per heavy atom. The van der Waals surface area contributed by atoms with Crippen LogP contribution < -0.4 is 0 Å². The largest absolute Gasteiger partial charge is 0.476 e. The number of benzene rings is 1. The molecule has 0 aliphatic heterocycles. The quantitative estimate of drug-likeness (QED) is 0.778. The number of carbonyl (C=O) groups is 1. The number of hydrogen-bond donors (Lipinski definition) is 1. The summed E-state index contributed by atoms with van der Waals surface area (Å²) in [5.41, 5.74) is 1.95. The second-order valence-corrected chi connectivity index (χ2v) is 4.56. The van der Waals surface area contributed by atoms with Gasteiger partial charge in [0.15, 0.2) is 5.69 Å². The van der Waals surface area contributed by atoms with E-state index in [0.29, 0.717) is 16.9 Å². The number of fused-ring (bicyclic) bond motifs is 1. The fourth-order valence-electron chi connectivity index (χ4n) is 2.18. The Kier molecular flexibility index (Phi) is 2.75. The van der Waals surface area contributed by atoms with Crippen molar-refractivity contribution < 1.29 is 14.3 Å². The van der Waals surface area contributed by atoms with Crippen molar-refractivity contribution in [3.05, 3.63) is 59.7 Å². The molecule has 3 aromatic rings. The molecule has 0 saturated heterocycles. The molecule has 0 saturated carbocycles. The van der Waals surface area contributed by atoms with Crippen molar-refractivity contribution in [3.8, 4) is 11.4 Å². The zero-order chi connectivity index (χ0) is 14.3. The number of aryl methyl sites for hydroxylation is 1. The summed E-state index contributed by atoms with van der Waals surface area (Å²) in [6.45, 7) is 1.90. The van der Waals surface area contributed by atoms with Crippen molar-refractivity contribution in [1.29, 1.82) is 0 Å². The highest BCUT2D eigenvalue weighted by atomic mass is 19.1. The number of aromatic carboxylic acids is 1. The van der Waals surface area contributed by atoms with Crippen molar-refractivity contribution in [1.82, 2.24) is 9.38 Å². The van der Waals surface area contributed by atoms with Crippen LogP contribution in [0.5, 0.6) is 0 Å². The smallest absolute Gasteiger partial charge is 0.356 e. The highest BCUT2D eigenvalue weighted by Gasteiger charge is 2.17. The van der Waals surface area contributed by atoms with Gasteiger partial charge in [-0.15, -0.1) is 0 Å². The van der Waals surface area contributed by atoms with E-state index in [9.17, 15) is 14.3 Å². The topological polar surface area (TPSA) is 54.6 Å². The first-order chi connectivity index (χ1) is 9.56. The van der Waals surface area contributed by atoms with Crippen LogP contribution >= 0.6 is 0 Å². The van der Waals surface area contributed by atoms with Crippen LogP contribution in [0.4, 0.5) is 4.39 Å². The van der Waals surface area contributed by atoms with Crippen LogP contribution in [0.1, 0.15) is 16.1 Å². The summed E-state index contributed by atoms with van der Waals surface area (Å²) >= 11 is 0. The van der Waals surface area contributed by atoms with Gasteiger partial charge in [0.2, 0.25) is 0 Å². The molecule has 3 rings (SSSR count). The average Bonchev–Trinajstić information content (AvgIpc) is 2.77. The normalized spacial score (nSPS) is 10.9. The molecular weight excluding hydrogens is 259 g/mol. The molecule has 20 heavy (non-hydrogen) atoms. The number of rotatable bonds is 2. The number of imidazole rings is 1. The Morgan fingerprint density at radius 2 is 2.10 bits per heavy atom. The first-order valence-electron chi connectivity index (χ1n) is 6.04. The monoisotopic (exact) mass is 270 g/mol. The Labute approximate surface area is 114 Å². The maximum Gasteiger partial charge on any atom is 0.356 e. The van der Waals surface area contributed by atoms with Crippen LogP contribution in [-0.2, 0) is 0 Å². The van der Waals surface area contributed by atoms with Gasteiger partial charge in [-0.05, 0) is 30.7 Å². The minimum absolute atomic E-state index is 0.0377. The third kappa shape index (κ3) is 1.93. The molecule has 4 nitrogen and oxygen atoms in total. The third-order valence-electron chi connectivity index (χ3n) is 3.07. The molecule has 1 aromatic carbocycles. The predicted molar refractivity (Wildman–Crippen MR) is 72.3 cm³/mol. The molecule has 2 heterocycles. The van der Waals surface area contributed by atoms with Gasteiger partial charge in [0.05, 0.1) is 5.52 Å². The number of pyridine rings is 1. The maximum atomic E-state index is 13.3. The summed E-state index contributed by atoms with van der Waals surface area (Å²) in [7, 11) is 0. The molecule has 1 N–H and O–H groups in total. The number of halogens is 1. The molecule has 5 heteroatoms. The van der Waals surface area contributed by atoms with E-state index < -0.39 is 5.97 Å². The Morgan fingerprint density at radius 3 is 2.80 bits per heavy atom. The zero-order valence-electron chi connectivity index (χ0n) is 10.7. The minimum Gasteiger partial charge on any atom is -0.476 e. The number of carboxylic acids is 1. The molecule has 2 aromatic heterocycles. The van der Waals surface area contributed by atoms with Gasteiger partial charge in [0, 0.05) is 11.8 Å². The van der Waals surface area contributed by atoms with Gasteiger partial charge in [-0.2, -0.15) is 0 Å². The van der Waals surface area contributed by atoms with Crippen molar-refractivity contribution in [2.75, 3.05) is 0 Å². The highest BCUT2D eigenvalue weighted by Crippen LogP contribution is 2.24. The second kappa shape index (κ2) is 4.45. The number of nitrogens with zero attached hydrogens (tertiary/aromatic N) is 2. The Balaban J connectivity index is 2.35. The molecular formula is C15H11FN2O2. The van der Waals surface area contributed by atoms with Crippen molar-refractivity contribution in [2.45, 2.75) is 6.92 Å². The van der Waals surface area contributed by atoms with Crippen LogP contribution in [0.3, 0.4) is 0 Å². The second-order valence-electron chi connectivity index (χ2n) is 4.56. The summed E-state index contributed by atoms with van der Waals surface area (Å²) in [6.07, 6.45) is 1.79. The zero-order valence-corrected chi connectivity index (χ0v) is 10.7. The number of hydrogen-bond acceptors (Lipinski definition) is 2. The molecule has 0 fully saturated rings. The van der Waals surface area contributed by atoms with Gasteiger partial charge >= 0.3 is 5.97 Å². The van der Waals surface area contributed by atoms with Gasteiger partial charge in [-0.1, -0.05) is 18.2 Å². The van der Waals surface area contributed by atoms with Gasteiger partial charge in [-0.25, -0.2) is 14.2 Å². The van der Waals surface area contributed by atoms with Crippen molar-refractivity contribution >= 4 is 11.5 Å². The molecule has 0 amide bonds. The molecule has 0 radical (unpaired) electrons. The van der Waals surface area contributed by atoms with E-state index in [1.165, 1.54) is 12.1 Å². The summed E-state index contributed by atoms with van der Waals surface area (Å²) < 4.78 is 15.0. The van der Waals surface area contributed by atoms with E-state index in [-0.39, 0.29) is 11.5 Å². The van der Waals surface area contributed by atoms with Crippen LogP contribution in [0.2, 0.25) is 0 Å². The summed E-state index contributed by atoms with van der Waals surface area (Å²) in [6, 6.07) is 9.46. The molecule has 0 aliphatic rings. The predicted octanol–water partition coefficient (Wildman–Crippen LogP) is 3.15. The lowest BCUT2D eigenvalue weighted by atomic mass is 10.2. The SMILES string of the molecule is Cc1ccc2c(C(=O)O)nc(-c3cccc(F)c3)n2c1. The fourth-order valence-corrected chi connectivity index (χ4v) is 2.18. The minimum atomic E-state index is -1.10. The Hall–Kier alpha value is -2.69. The van der Waals surface area contributed by atoms with Crippen LogP contribution in [0.15, 0.2) is 42.6 Å². The van der Waals surface area contributed by atoms with E-state index in [0.717, 1.165) is 5.56 Å². The molecule has 0 aliphatic carbocycles. The molecule has 0 unspecified atom stereocenters. The lowest BCUT2D eigenvalue weighted by Gasteiger charge is -2.02. The van der Waals surface area contributed by atoms with Gasteiger partial charge in [0.25, 0.3) is 0 Å². The van der Waals surface area contributed by atoms with Gasteiger partial charge < -0.3 is 5.11 Å². The third-order valence-corrected chi connectivity index (χ3v) is 3.07. The standard InChI is InChI=1S/C15H11FN2O2/c1-9-5-6-12-13(15(19)20)17-14(18(12)8-9)10-3-2-4-11(16)7-10/h2-8H,1H3,(H,19,20). The van der Waals surface area contributed by atoms with Crippen molar-refractivity contribution in [3.63, 3.8) is 0 Å². The fraction of sp³-hybridized carbons (Fsp3) is 0.0667. The first kappa shape index (κ1) is 12.3. The Bertz CT molecular complexity index is 824. The molecule has 100 valence electrons. The first-order valence-corrected chi connectivity index (χ1v) is 6.04. The van der Waals surface area contributed by atoms with Crippen LogP contribution in [0, 0.1) is 12.7 Å². The van der Waals surface area contributed by atoms with Gasteiger partial charge in [-0.3, -0.25) is 4.40 Å². The molecule has 0 spiro atoms.